The van der Waals surface area contributed by atoms with Crippen molar-refractivity contribution < 1.29 is 9.90 Å². The second kappa shape index (κ2) is 5.65. The predicted molar refractivity (Wildman–Crippen MR) is 113 cm³/mol. The van der Waals surface area contributed by atoms with Gasteiger partial charge in [-0.15, -0.1) is 0 Å². The molecular formula is C26H42O2. The fraction of sp³-hybridized carbons (Fsp3) is 0.962. The van der Waals surface area contributed by atoms with Gasteiger partial charge in [0.1, 0.15) is 5.78 Å². The fourth-order valence-electron chi connectivity index (χ4n) is 10.5. The molecule has 0 radical (unpaired) electrons. The zero-order valence-electron chi connectivity index (χ0n) is 18.9. The van der Waals surface area contributed by atoms with Gasteiger partial charge in [0.05, 0.1) is 0 Å². The Morgan fingerprint density at radius 2 is 1.61 bits per heavy atom. The fourth-order valence-corrected chi connectivity index (χ4v) is 10.5. The van der Waals surface area contributed by atoms with Crippen molar-refractivity contribution in [2.45, 2.75) is 98.8 Å². The number of carbonyl (C=O) groups excluding carboxylic acids is 1. The monoisotopic (exact) mass is 386 g/mol. The summed E-state index contributed by atoms with van der Waals surface area (Å²) in [6.07, 6.45) is 12.6. The van der Waals surface area contributed by atoms with E-state index in [1.54, 1.807) is 0 Å². The number of ketones is 1. The Hall–Kier alpha value is -0.370. The molecule has 0 aromatic carbocycles. The topological polar surface area (TPSA) is 37.3 Å². The van der Waals surface area contributed by atoms with Gasteiger partial charge in [-0.2, -0.15) is 0 Å². The molecule has 0 unspecified atom stereocenters. The van der Waals surface area contributed by atoms with Crippen molar-refractivity contribution in [2.24, 2.45) is 50.7 Å². The van der Waals surface area contributed by atoms with E-state index in [1.165, 1.54) is 51.4 Å². The van der Waals surface area contributed by atoms with Crippen LogP contribution in [0.25, 0.3) is 0 Å². The van der Waals surface area contributed by atoms with E-state index in [0.717, 1.165) is 24.7 Å². The van der Waals surface area contributed by atoms with Crippen molar-refractivity contribution >= 4 is 5.78 Å². The normalized spacial score (nSPS) is 54.9. The Labute approximate surface area is 172 Å². The van der Waals surface area contributed by atoms with Gasteiger partial charge in [-0.25, -0.2) is 0 Å². The molecule has 5 aliphatic rings. The first kappa shape index (κ1) is 19.6. The van der Waals surface area contributed by atoms with E-state index >= 15 is 0 Å². The number of Topliss-reactive ketones (excluding diaryl/α,β-unsaturated/α-hetero) is 1. The number of hydrogen-bond acceptors (Lipinski definition) is 2. The second-order valence-corrected chi connectivity index (χ2v) is 12.8. The van der Waals surface area contributed by atoms with Gasteiger partial charge in [0, 0.05) is 18.4 Å². The number of fused-ring (bicyclic) bond motifs is 2. The summed E-state index contributed by atoms with van der Waals surface area (Å²) in [4.78, 5) is 12.7. The maximum Gasteiger partial charge on any atom is 0.138 e. The van der Waals surface area contributed by atoms with Gasteiger partial charge >= 0.3 is 0 Å². The highest BCUT2D eigenvalue weighted by molar-refractivity contribution is 5.86. The number of aliphatic hydroxyl groups is 1. The predicted octanol–water partition coefficient (Wildman–Crippen LogP) is 6.01. The lowest BCUT2D eigenvalue weighted by molar-refractivity contribution is -0.157. The highest BCUT2D eigenvalue weighted by Gasteiger charge is 2.82. The first-order valence-corrected chi connectivity index (χ1v) is 12.2. The largest absolute Gasteiger partial charge is 0.396 e. The van der Waals surface area contributed by atoms with E-state index in [-0.39, 0.29) is 5.41 Å². The van der Waals surface area contributed by atoms with Crippen molar-refractivity contribution in [1.29, 1.82) is 0 Å². The van der Waals surface area contributed by atoms with Crippen molar-refractivity contribution in [3.63, 3.8) is 0 Å². The van der Waals surface area contributed by atoms with Crippen LogP contribution in [0.1, 0.15) is 98.8 Å². The van der Waals surface area contributed by atoms with Crippen LogP contribution in [-0.2, 0) is 4.79 Å². The van der Waals surface area contributed by atoms with E-state index in [0.29, 0.717) is 45.9 Å². The zero-order valence-corrected chi connectivity index (χ0v) is 18.9. The van der Waals surface area contributed by atoms with Gasteiger partial charge in [-0.05, 0) is 103 Å². The summed E-state index contributed by atoms with van der Waals surface area (Å²) in [5, 5.41) is 9.55. The van der Waals surface area contributed by atoms with Crippen LogP contribution in [0.5, 0.6) is 0 Å². The third-order valence-corrected chi connectivity index (χ3v) is 12.2. The Balaban J connectivity index is 1.50. The van der Waals surface area contributed by atoms with Gasteiger partial charge in [0.25, 0.3) is 0 Å². The van der Waals surface area contributed by atoms with E-state index < -0.39 is 0 Å². The second-order valence-electron chi connectivity index (χ2n) is 12.8. The summed E-state index contributed by atoms with van der Waals surface area (Å²) in [6.45, 7) is 12.6. The number of hydrogen-bond donors (Lipinski definition) is 1. The average Bonchev–Trinajstić information content (AvgIpc) is 3.22. The Kier molecular flexibility index (Phi) is 3.95. The van der Waals surface area contributed by atoms with Crippen LogP contribution in [0, 0.1) is 50.7 Å². The molecule has 5 saturated carbocycles. The van der Waals surface area contributed by atoms with Gasteiger partial charge in [0.15, 0.2) is 0 Å². The van der Waals surface area contributed by atoms with Crippen molar-refractivity contribution in [3.05, 3.63) is 0 Å². The van der Waals surface area contributed by atoms with Crippen LogP contribution in [-0.4, -0.2) is 17.5 Å². The van der Waals surface area contributed by atoms with Crippen LogP contribution in [0.2, 0.25) is 0 Å². The molecule has 0 aromatic heterocycles. The molecule has 158 valence electrons. The first-order valence-electron chi connectivity index (χ1n) is 12.2. The van der Waals surface area contributed by atoms with Gasteiger partial charge in [-0.1, -0.05) is 34.6 Å². The minimum atomic E-state index is -0.0950. The average molecular weight is 387 g/mol. The molecule has 0 amide bonds. The van der Waals surface area contributed by atoms with Crippen LogP contribution in [0.3, 0.4) is 0 Å². The summed E-state index contributed by atoms with van der Waals surface area (Å²) in [5.74, 6) is 3.45. The van der Waals surface area contributed by atoms with Gasteiger partial charge < -0.3 is 5.11 Å². The maximum absolute atomic E-state index is 12.7. The van der Waals surface area contributed by atoms with Crippen LogP contribution in [0.15, 0.2) is 0 Å². The van der Waals surface area contributed by atoms with E-state index in [1.807, 2.05) is 0 Å². The standard InChI is InChI=1S/C26H42O2/c1-17(10-15-27)18-8-11-24(5)20-7-6-19-22(2,3)21(28)9-12-25(19)16-26(20,25)14-13-23(18,24)4/h17-20,27H,6-16H2,1-5H3/t17-,18-,19+,20+,23-,24+,25-,26+/m1/s1. The zero-order chi connectivity index (χ0) is 20.2. The number of rotatable bonds is 3. The third-order valence-electron chi connectivity index (χ3n) is 12.2. The molecule has 2 nitrogen and oxygen atoms in total. The SMILES string of the molecule is C[C@H](CCO)[C@H]1CC[C@@]2(C)[C@@H]3CC[C@H]4C(C)(C)C(=O)CC[C@@]45C[C@@]35CC[C@]12C. The van der Waals surface area contributed by atoms with Gasteiger partial charge in [0.2, 0.25) is 0 Å². The first-order chi connectivity index (χ1) is 13.1. The van der Waals surface area contributed by atoms with Crippen molar-refractivity contribution in [3.8, 4) is 0 Å². The lowest BCUT2D eigenvalue weighted by Crippen LogP contribution is -2.57. The van der Waals surface area contributed by atoms with Crippen LogP contribution in [0.4, 0.5) is 0 Å². The Morgan fingerprint density at radius 1 is 0.929 bits per heavy atom. The van der Waals surface area contributed by atoms with Crippen LogP contribution < -0.4 is 0 Å². The highest BCUT2D eigenvalue weighted by Crippen LogP contribution is 2.88. The van der Waals surface area contributed by atoms with Gasteiger partial charge in [-0.3, -0.25) is 4.79 Å². The molecule has 0 aliphatic heterocycles. The minimum Gasteiger partial charge on any atom is -0.396 e. The summed E-state index contributed by atoms with van der Waals surface area (Å²) in [7, 11) is 0. The summed E-state index contributed by atoms with van der Waals surface area (Å²) in [6, 6.07) is 0. The molecule has 1 N–H and O–H groups in total. The van der Waals surface area contributed by atoms with E-state index in [4.69, 9.17) is 0 Å². The molecule has 5 aliphatic carbocycles. The van der Waals surface area contributed by atoms with Crippen molar-refractivity contribution in [2.75, 3.05) is 6.61 Å². The molecule has 0 bridgehead atoms. The molecule has 5 fully saturated rings. The molecule has 0 aromatic rings. The smallest absolute Gasteiger partial charge is 0.138 e. The Bertz CT molecular complexity index is 697. The summed E-state index contributed by atoms with van der Waals surface area (Å²) < 4.78 is 0. The molecule has 28 heavy (non-hydrogen) atoms. The van der Waals surface area contributed by atoms with Crippen molar-refractivity contribution in [1.82, 2.24) is 0 Å². The molecule has 2 heteroatoms. The number of aliphatic hydroxyl groups excluding tert-OH is 1. The molecular weight excluding hydrogens is 344 g/mol. The van der Waals surface area contributed by atoms with Crippen LogP contribution >= 0.6 is 0 Å². The lowest BCUT2D eigenvalue weighted by Gasteiger charge is -2.62. The molecule has 0 heterocycles. The quantitative estimate of drug-likeness (QED) is 0.644. The minimum absolute atomic E-state index is 0.0950. The molecule has 8 atom stereocenters. The summed E-state index contributed by atoms with van der Waals surface area (Å²) in [5.41, 5.74) is 1.85. The highest BCUT2D eigenvalue weighted by atomic mass is 16.3. The third kappa shape index (κ3) is 1.98. The van der Waals surface area contributed by atoms with E-state index in [2.05, 4.69) is 34.6 Å². The van der Waals surface area contributed by atoms with E-state index in [9.17, 15) is 9.90 Å². The molecule has 2 spiro atoms. The molecule has 0 saturated heterocycles. The summed E-state index contributed by atoms with van der Waals surface area (Å²) >= 11 is 0. The molecule has 5 rings (SSSR count). The lowest BCUT2D eigenvalue weighted by atomic mass is 9.42. The number of carbonyl (C=O) groups is 1. The maximum atomic E-state index is 12.7. The Morgan fingerprint density at radius 3 is 2.32 bits per heavy atom.